The molecule has 3 heterocycles. The van der Waals surface area contributed by atoms with Gasteiger partial charge in [-0.3, -0.25) is 14.4 Å². The zero-order chi connectivity index (χ0) is 27.3. The molecule has 2 aliphatic rings. The van der Waals surface area contributed by atoms with Crippen molar-refractivity contribution >= 4 is 28.5 Å². The number of benzene rings is 3. The molecule has 1 atom stereocenters. The molecule has 4 aromatic rings. The van der Waals surface area contributed by atoms with Gasteiger partial charge in [0, 0.05) is 18.7 Å². The van der Waals surface area contributed by atoms with Crippen molar-refractivity contribution in [2.45, 2.75) is 45.4 Å². The first-order chi connectivity index (χ1) is 18.8. The topological polar surface area (TPSA) is 80.1 Å². The van der Waals surface area contributed by atoms with Gasteiger partial charge in [-0.15, -0.1) is 0 Å². The van der Waals surface area contributed by atoms with Crippen LogP contribution in [-0.4, -0.2) is 36.0 Å². The van der Waals surface area contributed by atoms with Crippen LogP contribution >= 0.6 is 0 Å². The minimum atomic E-state index is -1.61. The van der Waals surface area contributed by atoms with Crippen molar-refractivity contribution < 1.29 is 18.7 Å². The highest BCUT2D eigenvalue weighted by atomic mass is 16.5. The summed E-state index contributed by atoms with van der Waals surface area (Å²) in [6.45, 7) is 6.87. The Morgan fingerprint density at radius 3 is 2.41 bits per heavy atom. The average Bonchev–Trinajstić information content (AvgIpc) is 3.32. The predicted octanol–water partition coefficient (Wildman–Crippen LogP) is 5.16. The maximum absolute atomic E-state index is 14.7. The Balaban J connectivity index is 1.56. The lowest BCUT2D eigenvalue weighted by molar-refractivity contribution is -0.126. The largest absolute Gasteiger partial charge is 0.450 e. The summed E-state index contributed by atoms with van der Waals surface area (Å²) in [5, 5.41) is 0.343. The van der Waals surface area contributed by atoms with Crippen LogP contribution in [0.15, 0.2) is 82.0 Å². The minimum Gasteiger partial charge on any atom is -0.450 e. The molecule has 2 amide bonds. The minimum absolute atomic E-state index is 0.0396. The SMILES string of the molecule is Cc1ccc(CN2C(=O)C3(c4ccccc42)c2c(oc4ccccc4c2=O)C(=O)N3CCCOC(C)C)cc1. The van der Waals surface area contributed by atoms with Crippen molar-refractivity contribution in [2.24, 2.45) is 0 Å². The molecule has 0 saturated heterocycles. The maximum Gasteiger partial charge on any atom is 0.291 e. The Kier molecular flexibility index (Phi) is 6.11. The molecule has 2 aliphatic heterocycles. The number of amides is 2. The standard InChI is InChI=1S/C32H30N2O5/c1-20(2)38-18-8-17-34-30(36)29-27(28(35)23-9-4-7-12-26(23)39-29)32(34)24-10-5-6-11-25(24)33(31(32)37)19-22-15-13-21(3)14-16-22/h4-7,9-16,20H,8,17-19H2,1-3H3. The second kappa shape index (κ2) is 9.50. The summed E-state index contributed by atoms with van der Waals surface area (Å²) in [7, 11) is 0. The number of hydrogen-bond acceptors (Lipinski definition) is 5. The van der Waals surface area contributed by atoms with E-state index in [9.17, 15) is 14.4 Å². The summed E-state index contributed by atoms with van der Waals surface area (Å²) in [5.74, 6) is -0.856. The molecule has 6 rings (SSSR count). The summed E-state index contributed by atoms with van der Waals surface area (Å²) < 4.78 is 11.8. The van der Waals surface area contributed by atoms with Crippen molar-refractivity contribution in [3.63, 3.8) is 0 Å². The highest BCUT2D eigenvalue weighted by molar-refractivity contribution is 6.17. The summed E-state index contributed by atoms with van der Waals surface area (Å²) in [6.07, 6.45) is 0.540. The lowest BCUT2D eigenvalue weighted by Crippen LogP contribution is -2.53. The van der Waals surface area contributed by atoms with Gasteiger partial charge in [0.05, 0.1) is 29.3 Å². The van der Waals surface area contributed by atoms with Crippen LogP contribution in [0.5, 0.6) is 0 Å². The maximum atomic E-state index is 14.7. The van der Waals surface area contributed by atoms with E-state index in [0.29, 0.717) is 41.8 Å². The second-order valence-corrected chi connectivity index (χ2v) is 10.5. The molecule has 7 heteroatoms. The van der Waals surface area contributed by atoms with Crippen LogP contribution in [0.3, 0.4) is 0 Å². The fraction of sp³-hybridized carbons (Fsp3) is 0.281. The summed E-state index contributed by atoms with van der Waals surface area (Å²) in [4.78, 5) is 46.1. The number of nitrogens with zero attached hydrogens (tertiary/aromatic N) is 2. The van der Waals surface area contributed by atoms with Gasteiger partial charge in [-0.25, -0.2) is 0 Å². The third-order valence-electron chi connectivity index (χ3n) is 7.58. The smallest absolute Gasteiger partial charge is 0.291 e. The number of anilines is 1. The first kappa shape index (κ1) is 25.1. The van der Waals surface area contributed by atoms with Crippen LogP contribution in [0.25, 0.3) is 11.0 Å². The van der Waals surface area contributed by atoms with E-state index < -0.39 is 11.4 Å². The first-order valence-electron chi connectivity index (χ1n) is 13.3. The fourth-order valence-corrected chi connectivity index (χ4v) is 5.81. The van der Waals surface area contributed by atoms with E-state index in [4.69, 9.17) is 9.15 Å². The van der Waals surface area contributed by atoms with Crippen molar-refractivity contribution in [1.82, 2.24) is 4.90 Å². The number of ether oxygens (including phenoxy) is 1. The molecule has 1 unspecified atom stereocenters. The molecule has 0 bridgehead atoms. The third kappa shape index (κ3) is 3.80. The molecule has 7 nitrogen and oxygen atoms in total. The first-order valence-corrected chi connectivity index (χ1v) is 13.3. The van der Waals surface area contributed by atoms with E-state index in [1.165, 1.54) is 4.90 Å². The third-order valence-corrected chi connectivity index (χ3v) is 7.58. The number of para-hydroxylation sites is 2. The summed E-state index contributed by atoms with van der Waals surface area (Å²) in [6, 6.07) is 22.3. The quantitative estimate of drug-likeness (QED) is 0.313. The Labute approximate surface area is 226 Å². The fourth-order valence-electron chi connectivity index (χ4n) is 5.81. The molecule has 0 N–H and O–H groups in total. The predicted molar refractivity (Wildman–Crippen MR) is 149 cm³/mol. The van der Waals surface area contributed by atoms with Gasteiger partial charge in [-0.2, -0.15) is 0 Å². The van der Waals surface area contributed by atoms with Gasteiger partial charge < -0.3 is 19.0 Å². The van der Waals surface area contributed by atoms with E-state index >= 15 is 0 Å². The van der Waals surface area contributed by atoms with Crippen LogP contribution in [-0.2, 0) is 21.6 Å². The number of carbonyl (C=O) groups excluding carboxylic acids is 2. The molecular weight excluding hydrogens is 492 g/mol. The molecule has 198 valence electrons. The molecule has 39 heavy (non-hydrogen) atoms. The molecule has 0 radical (unpaired) electrons. The normalized spacial score (nSPS) is 18.1. The molecular formula is C32H30N2O5. The van der Waals surface area contributed by atoms with E-state index in [0.717, 1.165) is 11.1 Å². The number of hydrogen-bond donors (Lipinski definition) is 0. The van der Waals surface area contributed by atoms with Gasteiger partial charge in [-0.1, -0.05) is 60.2 Å². The Hall–Kier alpha value is -4.23. The second-order valence-electron chi connectivity index (χ2n) is 10.5. The van der Waals surface area contributed by atoms with E-state index in [1.807, 2.05) is 69.3 Å². The van der Waals surface area contributed by atoms with Crippen LogP contribution in [0.1, 0.15) is 53.1 Å². The number of aryl methyl sites for hydroxylation is 1. The zero-order valence-corrected chi connectivity index (χ0v) is 22.3. The monoisotopic (exact) mass is 522 g/mol. The van der Waals surface area contributed by atoms with Crippen molar-refractivity contribution in [1.29, 1.82) is 0 Å². The lowest BCUT2D eigenvalue weighted by Gasteiger charge is -2.34. The van der Waals surface area contributed by atoms with Crippen LogP contribution < -0.4 is 10.3 Å². The van der Waals surface area contributed by atoms with Gasteiger partial charge in [0.2, 0.25) is 5.76 Å². The van der Waals surface area contributed by atoms with Gasteiger partial charge in [-0.05, 0) is 51.0 Å². The molecule has 1 aromatic heterocycles. The van der Waals surface area contributed by atoms with Crippen molar-refractivity contribution in [3.05, 3.63) is 111 Å². The summed E-state index contributed by atoms with van der Waals surface area (Å²) in [5.41, 5.74) is 1.81. The molecule has 1 spiro atoms. The number of carbonyl (C=O) groups is 2. The van der Waals surface area contributed by atoms with Crippen LogP contribution in [0.4, 0.5) is 5.69 Å². The van der Waals surface area contributed by atoms with Crippen LogP contribution in [0, 0.1) is 6.92 Å². The zero-order valence-electron chi connectivity index (χ0n) is 22.3. The number of rotatable bonds is 7. The number of fused-ring (bicyclic) bond motifs is 5. The molecule has 3 aromatic carbocycles. The van der Waals surface area contributed by atoms with Crippen LogP contribution in [0.2, 0.25) is 0 Å². The van der Waals surface area contributed by atoms with Crippen molar-refractivity contribution in [2.75, 3.05) is 18.1 Å². The van der Waals surface area contributed by atoms with E-state index in [2.05, 4.69) is 0 Å². The Morgan fingerprint density at radius 2 is 1.64 bits per heavy atom. The summed E-state index contributed by atoms with van der Waals surface area (Å²) >= 11 is 0. The van der Waals surface area contributed by atoms with Crippen molar-refractivity contribution in [3.8, 4) is 0 Å². The molecule has 0 saturated carbocycles. The van der Waals surface area contributed by atoms with Gasteiger partial charge in [0.15, 0.2) is 11.0 Å². The van der Waals surface area contributed by atoms with Gasteiger partial charge >= 0.3 is 0 Å². The average molecular weight is 523 g/mol. The van der Waals surface area contributed by atoms with Gasteiger partial charge in [0.25, 0.3) is 11.8 Å². The highest BCUT2D eigenvalue weighted by Crippen LogP contribution is 2.52. The Morgan fingerprint density at radius 1 is 0.923 bits per heavy atom. The van der Waals surface area contributed by atoms with E-state index in [-0.39, 0.29) is 35.3 Å². The molecule has 0 fully saturated rings. The van der Waals surface area contributed by atoms with E-state index in [1.54, 1.807) is 29.2 Å². The highest BCUT2D eigenvalue weighted by Gasteiger charge is 2.64. The lowest BCUT2D eigenvalue weighted by atomic mass is 9.84. The van der Waals surface area contributed by atoms with Gasteiger partial charge in [0.1, 0.15) is 5.58 Å². The Bertz CT molecular complexity index is 1660. The molecule has 0 aliphatic carbocycles.